The monoisotopic (exact) mass is 264 g/mol. The van der Waals surface area contributed by atoms with Gasteiger partial charge in [0, 0.05) is 12.6 Å². The van der Waals surface area contributed by atoms with E-state index in [-0.39, 0.29) is 5.91 Å². The summed E-state index contributed by atoms with van der Waals surface area (Å²) < 4.78 is 5.41. The van der Waals surface area contributed by atoms with E-state index in [4.69, 9.17) is 16.6 Å². The van der Waals surface area contributed by atoms with E-state index < -0.39 is 0 Å². The first-order valence-electron chi connectivity index (χ1n) is 6.03. The lowest BCUT2D eigenvalue weighted by Crippen LogP contribution is -2.31. The number of carbonyl (C=O) groups is 1. The molecule has 1 aliphatic rings. The molecule has 1 fully saturated rings. The largest absolute Gasteiger partial charge is 0.462 e. The highest BCUT2D eigenvalue weighted by molar-refractivity contribution is 7.80. The fraction of sp³-hybridized carbons (Fsp3) is 0.385. The summed E-state index contributed by atoms with van der Waals surface area (Å²) in [7, 11) is 0. The van der Waals surface area contributed by atoms with Gasteiger partial charge in [-0.05, 0) is 37.7 Å². The van der Waals surface area contributed by atoms with Gasteiger partial charge in [0.15, 0.2) is 5.11 Å². The molecule has 0 bridgehead atoms. The SMILES string of the molecule is CCCCN1C(=O)/C(=C\c2ccc(C)o2)NC1=S. The second-order valence-electron chi connectivity index (χ2n) is 4.25. The summed E-state index contributed by atoms with van der Waals surface area (Å²) >= 11 is 5.15. The predicted octanol–water partition coefficient (Wildman–Crippen LogP) is 2.45. The summed E-state index contributed by atoms with van der Waals surface area (Å²) in [5.74, 6) is 1.39. The van der Waals surface area contributed by atoms with E-state index in [0.717, 1.165) is 18.6 Å². The molecule has 2 rings (SSSR count). The van der Waals surface area contributed by atoms with Crippen LogP contribution < -0.4 is 5.32 Å². The summed E-state index contributed by atoms with van der Waals surface area (Å²) in [6, 6.07) is 3.69. The van der Waals surface area contributed by atoms with Crippen molar-refractivity contribution in [3.63, 3.8) is 0 Å². The van der Waals surface area contributed by atoms with Crippen LogP contribution in [0.15, 0.2) is 22.2 Å². The van der Waals surface area contributed by atoms with E-state index in [0.29, 0.717) is 23.1 Å². The van der Waals surface area contributed by atoms with Crippen molar-refractivity contribution in [2.45, 2.75) is 26.7 Å². The maximum atomic E-state index is 12.1. The molecule has 1 amide bonds. The fourth-order valence-corrected chi connectivity index (χ4v) is 2.05. The molecule has 0 atom stereocenters. The van der Waals surface area contributed by atoms with Crippen molar-refractivity contribution in [2.24, 2.45) is 0 Å². The van der Waals surface area contributed by atoms with Crippen LogP contribution in [0.4, 0.5) is 0 Å². The van der Waals surface area contributed by atoms with Crippen LogP contribution in [0, 0.1) is 6.92 Å². The molecule has 96 valence electrons. The number of rotatable bonds is 4. The van der Waals surface area contributed by atoms with Crippen molar-refractivity contribution in [3.05, 3.63) is 29.4 Å². The van der Waals surface area contributed by atoms with Crippen molar-refractivity contribution in [3.8, 4) is 0 Å². The molecule has 0 unspecified atom stereocenters. The Morgan fingerprint density at radius 3 is 2.89 bits per heavy atom. The van der Waals surface area contributed by atoms with E-state index >= 15 is 0 Å². The zero-order chi connectivity index (χ0) is 13.1. The topological polar surface area (TPSA) is 45.5 Å². The maximum absolute atomic E-state index is 12.1. The molecule has 18 heavy (non-hydrogen) atoms. The third kappa shape index (κ3) is 2.61. The molecule has 1 aliphatic heterocycles. The highest BCUT2D eigenvalue weighted by Crippen LogP contribution is 2.16. The van der Waals surface area contributed by atoms with Crippen molar-refractivity contribution in [1.82, 2.24) is 10.2 Å². The number of nitrogens with one attached hydrogen (secondary N) is 1. The average Bonchev–Trinajstić information content (AvgIpc) is 2.84. The zero-order valence-electron chi connectivity index (χ0n) is 10.5. The van der Waals surface area contributed by atoms with Gasteiger partial charge in [0.2, 0.25) is 0 Å². The highest BCUT2D eigenvalue weighted by Gasteiger charge is 2.30. The normalized spacial score (nSPS) is 17.7. The molecule has 1 saturated heterocycles. The van der Waals surface area contributed by atoms with Crippen LogP contribution in [0.1, 0.15) is 31.3 Å². The van der Waals surface area contributed by atoms with Crippen LogP contribution in [0.2, 0.25) is 0 Å². The number of unbranched alkanes of at least 4 members (excludes halogenated alkanes) is 1. The first kappa shape index (κ1) is 12.8. The lowest BCUT2D eigenvalue weighted by atomic mass is 10.3. The number of amides is 1. The summed E-state index contributed by atoms with van der Waals surface area (Å²) in [5.41, 5.74) is 0.477. The Kier molecular flexibility index (Phi) is 3.81. The minimum absolute atomic E-state index is 0.0810. The Hall–Kier alpha value is -1.62. The van der Waals surface area contributed by atoms with Gasteiger partial charge in [0.1, 0.15) is 17.2 Å². The summed E-state index contributed by atoms with van der Waals surface area (Å²) in [6.07, 6.45) is 3.66. The minimum atomic E-state index is -0.0810. The number of nitrogens with zero attached hydrogens (tertiary/aromatic N) is 1. The van der Waals surface area contributed by atoms with Gasteiger partial charge in [-0.15, -0.1) is 0 Å². The van der Waals surface area contributed by atoms with Crippen LogP contribution >= 0.6 is 12.2 Å². The predicted molar refractivity (Wildman–Crippen MR) is 73.8 cm³/mol. The molecule has 5 heteroatoms. The molecule has 0 spiro atoms. The standard InChI is InChI=1S/C13H16N2O2S/c1-3-4-7-15-12(16)11(14-13(15)18)8-10-6-5-9(2)17-10/h5-6,8H,3-4,7H2,1-2H3,(H,14,18)/b11-8+. The first-order valence-corrected chi connectivity index (χ1v) is 6.43. The number of thiocarbonyl (C=S) groups is 1. The molecule has 1 aromatic heterocycles. The van der Waals surface area contributed by atoms with Crippen molar-refractivity contribution < 1.29 is 9.21 Å². The third-order valence-electron chi connectivity index (χ3n) is 2.75. The van der Waals surface area contributed by atoms with Gasteiger partial charge < -0.3 is 9.73 Å². The van der Waals surface area contributed by atoms with Gasteiger partial charge in [-0.25, -0.2) is 0 Å². The van der Waals surface area contributed by atoms with Gasteiger partial charge in [-0.3, -0.25) is 9.69 Å². The van der Waals surface area contributed by atoms with Crippen LogP contribution in [-0.4, -0.2) is 22.5 Å². The van der Waals surface area contributed by atoms with E-state index in [9.17, 15) is 4.79 Å². The molecule has 0 aliphatic carbocycles. The fourth-order valence-electron chi connectivity index (χ4n) is 1.76. The highest BCUT2D eigenvalue weighted by atomic mass is 32.1. The first-order chi connectivity index (χ1) is 8.61. The van der Waals surface area contributed by atoms with Gasteiger partial charge in [0.25, 0.3) is 5.91 Å². The number of hydrogen-bond acceptors (Lipinski definition) is 3. The van der Waals surface area contributed by atoms with Gasteiger partial charge >= 0.3 is 0 Å². The van der Waals surface area contributed by atoms with Crippen LogP contribution in [0.5, 0.6) is 0 Å². The molecule has 0 aromatic carbocycles. The summed E-state index contributed by atoms with van der Waals surface area (Å²) in [6.45, 7) is 4.61. The lowest BCUT2D eigenvalue weighted by molar-refractivity contribution is -0.122. The molecule has 1 aromatic rings. The van der Waals surface area contributed by atoms with Crippen molar-refractivity contribution in [2.75, 3.05) is 6.54 Å². The number of carbonyl (C=O) groups excluding carboxylic acids is 1. The van der Waals surface area contributed by atoms with Gasteiger partial charge in [-0.2, -0.15) is 0 Å². The third-order valence-corrected chi connectivity index (χ3v) is 3.07. The molecule has 2 heterocycles. The maximum Gasteiger partial charge on any atom is 0.276 e. The Labute approximate surface area is 112 Å². The van der Waals surface area contributed by atoms with E-state index in [1.807, 2.05) is 19.1 Å². The molecular formula is C13H16N2O2S. The van der Waals surface area contributed by atoms with Gasteiger partial charge in [0.05, 0.1) is 0 Å². The van der Waals surface area contributed by atoms with Crippen LogP contribution in [-0.2, 0) is 4.79 Å². The Morgan fingerprint density at radius 2 is 2.28 bits per heavy atom. The molecular weight excluding hydrogens is 248 g/mol. The average molecular weight is 264 g/mol. The van der Waals surface area contributed by atoms with E-state index in [1.165, 1.54) is 0 Å². The minimum Gasteiger partial charge on any atom is -0.462 e. The Morgan fingerprint density at radius 1 is 1.50 bits per heavy atom. The van der Waals surface area contributed by atoms with E-state index in [2.05, 4.69) is 12.2 Å². The molecule has 4 nitrogen and oxygen atoms in total. The number of furan rings is 1. The molecule has 1 N–H and O–H groups in total. The van der Waals surface area contributed by atoms with Gasteiger partial charge in [-0.1, -0.05) is 13.3 Å². The smallest absolute Gasteiger partial charge is 0.276 e. The van der Waals surface area contributed by atoms with Crippen molar-refractivity contribution in [1.29, 1.82) is 0 Å². The second-order valence-corrected chi connectivity index (χ2v) is 4.63. The zero-order valence-corrected chi connectivity index (χ0v) is 11.3. The number of aryl methyl sites for hydroxylation is 1. The van der Waals surface area contributed by atoms with Crippen molar-refractivity contribution >= 4 is 29.3 Å². The Balaban J connectivity index is 2.14. The summed E-state index contributed by atoms with van der Waals surface area (Å²) in [4.78, 5) is 13.7. The molecule has 0 saturated carbocycles. The Bertz CT molecular complexity index is 505. The lowest BCUT2D eigenvalue weighted by Gasteiger charge is -2.12. The molecule has 0 radical (unpaired) electrons. The van der Waals surface area contributed by atoms with E-state index in [1.54, 1.807) is 11.0 Å². The quantitative estimate of drug-likeness (QED) is 0.670. The second kappa shape index (κ2) is 5.35. The van der Waals surface area contributed by atoms with Crippen LogP contribution in [0.3, 0.4) is 0 Å². The number of hydrogen-bond donors (Lipinski definition) is 1. The summed E-state index contributed by atoms with van der Waals surface area (Å²) in [5, 5.41) is 3.40. The van der Waals surface area contributed by atoms with Crippen LogP contribution in [0.25, 0.3) is 6.08 Å².